The van der Waals surface area contributed by atoms with Crippen molar-refractivity contribution in [3.63, 3.8) is 0 Å². The van der Waals surface area contributed by atoms with E-state index in [2.05, 4.69) is 21.4 Å². The molecular weight excluding hydrogens is 317 g/mol. The molecule has 0 aromatic heterocycles. The predicted molar refractivity (Wildman–Crippen MR) is 71.1 cm³/mol. The third kappa shape index (κ3) is 3.91. The standard InChI is InChI=1S/C13H15BrFNO3/c1-8(13(17)16-19-10-3-2-4-10)18-12-6-5-9(14)7-11(12)15/h5-8,10H,2-4H2,1H3,(H,16,17)/t8-/m0/s1. The van der Waals surface area contributed by atoms with Gasteiger partial charge in [-0.25, -0.2) is 9.87 Å². The lowest BCUT2D eigenvalue weighted by Crippen LogP contribution is -2.40. The van der Waals surface area contributed by atoms with Crippen molar-refractivity contribution in [2.45, 2.75) is 38.4 Å². The van der Waals surface area contributed by atoms with Gasteiger partial charge in [0, 0.05) is 4.47 Å². The summed E-state index contributed by atoms with van der Waals surface area (Å²) in [4.78, 5) is 16.8. The van der Waals surface area contributed by atoms with Gasteiger partial charge in [0.05, 0.1) is 6.10 Å². The van der Waals surface area contributed by atoms with E-state index in [-0.39, 0.29) is 11.9 Å². The van der Waals surface area contributed by atoms with Gasteiger partial charge in [0.15, 0.2) is 17.7 Å². The highest BCUT2D eigenvalue weighted by Gasteiger charge is 2.22. The number of benzene rings is 1. The molecule has 0 radical (unpaired) electrons. The van der Waals surface area contributed by atoms with Crippen molar-refractivity contribution >= 4 is 21.8 Å². The molecule has 104 valence electrons. The normalized spacial score (nSPS) is 16.6. The number of carbonyl (C=O) groups excluding carboxylic acids is 1. The highest BCUT2D eigenvalue weighted by atomic mass is 79.9. The van der Waals surface area contributed by atoms with Crippen molar-refractivity contribution in [1.82, 2.24) is 5.48 Å². The fourth-order valence-electron chi connectivity index (χ4n) is 1.53. The first-order valence-corrected chi connectivity index (χ1v) is 6.93. The van der Waals surface area contributed by atoms with Crippen LogP contribution in [0.15, 0.2) is 22.7 Å². The molecule has 4 nitrogen and oxygen atoms in total. The maximum Gasteiger partial charge on any atom is 0.284 e. The summed E-state index contributed by atoms with van der Waals surface area (Å²) in [7, 11) is 0. The van der Waals surface area contributed by atoms with E-state index in [4.69, 9.17) is 9.57 Å². The summed E-state index contributed by atoms with van der Waals surface area (Å²) in [6.07, 6.45) is 2.31. The number of carbonyl (C=O) groups is 1. The van der Waals surface area contributed by atoms with Gasteiger partial charge in [-0.15, -0.1) is 0 Å². The summed E-state index contributed by atoms with van der Waals surface area (Å²) in [5.74, 6) is -0.905. The van der Waals surface area contributed by atoms with Crippen LogP contribution in [-0.2, 0) is 9.63 Å². The van der Waals surface area contributed by atoms with Gasteiger partial charge in [0.1, 0.15) is 0 Å². The van der Waals surface area contributed by atoms with Crippen LogP contribution in [-0.4, -0.2) is 18.1 Å². The van der Waals surface area contributed by atoms with Gasteiger partial charge in [0.2, 0.25) is 0 Å². The fourth-order valence-corrected chi connectivity index (χ4v) is 1.86. The fraction of sp³-hybridized carbons (Fsp3) is 0.462. The minimum atomic E-state index is -0.823. The van der Waals surface area contributed by atoms with Crippen LogP contribution < -0.4 is 10.2 Å². The molecule has 1 aliphatic rings. The van der Waals surface area contributed by atoms with Gasteiger partial charge >= 0.3 is 0 Å². The molecule has 0 saturated heterocycles. The van der Waals surface area contributed by atoms with Crippen LogP contribution in [0.4, 0.5) is 4.39 Å². The Labute approximate surface area is 119 Å². The zero-order chi connectivity index (χ0) is 13.8. The summed E-state index contributed by atoms with van der Waals surface area (Å²) in [5, 5.41) is 0. The van der Waals surface area contributed by atoms with E-state index in [1.54, 1.807) is 13.0 Å². The van der Waals surface area contributed by atoms with Gasteiger partial charge in [0.25, 0.3) is 5.91 Å². The van der Waals surface area contributed by atoms with Gasteiger partial charge in [-0.2, -0.15) is 0 Å². The number of halogens is 2. The Morgan fingerprint density at radius 3 is 2.84 bits per heavy atom. The Morgan fingerprint density at radius 1 is 1.53 bits per heavy atom. The molecule has 19 heavy (non-hydrogen) atoms. The molecular formula is C13H15BrFNO3. The van der Waals surface area contributed by atoms with Crippen LogP contribution >= 0.6 is 15.9 Å². The Bertz CT molecular complexity index is 465. The Balaban J connectivity index is 1.84. The van der Waals surface area contributed by atoms with Crippen LogP contribution in [0.1, 0.15) is 26.2 Å². The maximum atomic E-state index is 13.5. The molecule has 1 aliphatic carbocycles. The zero-order valence-corrected chi connectivity index (χ0v) is 12.1. The molecule has 0 unspecified atom stereocenters. The Kier molecular flexibility index (Phi) is 4.76. The summed E-state index contributed by atoms with van der Waals surface area (Å²) < 4.78 is 19.4. The summed E-state index contributed by atoms with van der Waals surface area (Å²) in [6.45, 7) is 1.54. The highest BCUT2D eigenvalue weighted by molar-refractivity contribution is 9.10. The second-order valence-corrected chi connectivity index (χ2v) is 5.39. The molecule has 1 N–H and O–H groups in total. The van der Waals surface area contributed by atoms with Crippen molar-refractivity contribution in [2.24, 2.45) is 0 Å². The maximum absolute atomic E-state index is 13.5. The van der Waals surface area contributed by atoms with Crippen LogP contribution in [0.3, 0.4) is 0 Å². The van der Waals surface area contributed by atoms with E-state index in [1.165, 1.54) is 12.1 Å². The Morgan fingerprint density at radius 2 is 2.26 bits per heavy atom. The van der Waals surface area contributed by atoms with Crippen molar-refractivity contribution < 1.29 is 18.8 Å². The summed E-state index contributed by atoms with van der Waals surface area (Å²) in [6, 6.07) is 4.40. The minimum Gasteiger partial charge on any atom is -0.478 e. The lowest BCUT2D eigenvalue weighted by Gasteiger charge is -2.25. The van der Waals surface area contributed by atoms with E-state index in [1.807, 2.05) is 0 Å². The second kappa shape index (κ2) is 6.34. The molecule has 1 aromatic carbocycles. The molecule has 1 fully saturated rings. The van der Waals surface area contributed by atoms with Crippen LogP contribution in [0.5, 0.6) is 5.75 Å². The lowest BCUT2D eigenvalue weighted by molar-refractivity contribution is -0.149. The van der Waals surface area contributed by atoms with E-state index in [9.17, 15) is 9.18 Å². The largest absolute Gasteiger partial charge is 0.478 e. The zero-order valence-electron chi connectivity index (χ0n) is 10.5. The second-order valence-electron chi connectivity index (χ2n) is 4.47. The highest BCUT2D eigenvalue weighted by Crippen LogP contribution is 2.23. The molecule has 0 aliphatic heterocycles. The monoisotopic (exact) mass is 331 g/mol. The first kappa shape index (κ1) is 14.3. The van der Waals surface area contributed by atoms with Gasteiger partial charge in [-0.3, -0.25) is 9.63 Å². The molecule has 0 heterocycles. The average Bonchev–Trinajstić information content (AvgIpc) is 2.30. The number of nitrogens with one attached hydrogen (secondary N) is 1. The van der Waals surface area contributed by atoms with E-state index in [0.717, 1.165) is 19.3 Å². The number of hydroxylamine groups is 1. The molecule has 1 amide bonds. The first-order valence-electron chi connectivity index (χ1n) is 6.13. The summed E-state index contributed by atoms with van der Waals surface area (Å²) >= 11 is 3.15. The molecule has 2 rings (SSSR count). The number of amides is 1. The predicted octanol–water partition coefficient (Wildman–Crippen LogP) is 2.96. The number of rotatable bonds is 5. The van der Waals surface area contributed by atoms with Crippen LogP contribution in [0.2, 0.25) is 0 Å². The summed E-state index contributed by atoms with van der Waals surface area (Å²) in [5.41, 5.74) is 2.34. The van der Waals surface area contributed by atoms with Crippen molar-refractivity contribution in [2.75, 3.05) is 0 Å². The van der Waals surface area contributed by atoms with Crippen LogP contribution in [0, 0.1) is 5.82 Å². The quantitative estimate of drug-likeness (QED) is 0.844. The van der Waals surface area contributed by atoms with Crippen molar-refractivity contribution in [1.29, 1.82) is 0 Å². The average molecular weight is 332 g/mol. The SMILES string of the molecule is C[C@H](Oc1ccc(Br)cc1F)C(=O)NOC1CCC1. The van der Waals surface area contributed by atoms with Gasteiger partial charge in [-0.05, 0) is 44.4 Å². The molecule has 6 heteroatoms. The molecule has 0 spiro atoms. The van der Waals surface area contributed by atoms with Gasteiger partial charge in [-0.1, -0.05) is 15.9 Å². The molecule has 0 bridgehead atoms. The lowest BCUT2D eigenvalue weighted by atomic mass is 9.97. The third-order valence-electron chi connectivity index (χ3n) is 2.95. The number of ether oxygens (including phenoxy) is 1. The van der Waals surface area contributed by atoms with Crippen molar-refractivity contribution in [3.05, 3.63) is 28.5 Å². The van der Waals surface area contributed by atoms with E-state index < -0.39 is 17.8 Å². The molecule has 1 saturated carbocycles. The number of hydrogen-bond acceptors (Lipinski definition) is 3. The topological polar surface area (TPSA) is 47.6 Å². The molecule has 1 atom stereocenters. The van der Waals surface area contributed by atoms with Gasteiger partial charge < -0.3 is 4.74 Å². The minimum absolute atomic E-state index is 0.0366. The van der Waals surface area contributed by atoms with Crippen molar-refractivity contribution in [3.8, 4) is 5.75 Å². The van der Waals surface area contributed by atoms with E-state index >= 15 is 0 Å². The number of hydrogen-bond donors (Lipinski definition) is 1. The Hall–Kier alpha value is -1.14. The first-order chi connectivity index (χ1) is 9.06. The smallest absolute Gasteiger partial charge is 0.284 e. The van der Waals surface area contributed by atoms with Crippen LogP contribution in [0.25, 0.3) is 0 Å². The molecule has 1 aromatic rings. The van der Waals surface area contributed by atoms with E-state index in [0.29, 0.717) is 4.47 Å². The third-order valence-corrected chi connectivity index (χ3v) is 3.44.